The van der Waals surface area contributed by atoms with Gasteiger partial charge in [-0.1, -0.05) is 0 Å². The molecule has 1 N–H and O–H groups in total. The Bertz CT molecular complexity index is 508. The van der Waals surface area contributed by atoms with E-state index in [1.165, 1.54) is 29.4 Å². The summed E-state index contributed by atoms with van der Waals surface area (Å²) in [6.45, 7) is 2.28. The van der Waals surface area contributed by atoms with Gasteiger partial charge in [-0.25, -0.2) is 0 Å². The number of hydrogen-bond donors (Lipinski definition) is 1. The molecule has 16 heavy (non-hydrogen) atoms. The van der Waals surface area contributed by atoms with Crippen LogP contribution in [0.15, 0.2) is 30.5 Å². The molecule has 1 saturated carbocycles. The first kappa shape index (κ1) is 9.76. The van der Waals surface area contributed by atoms with Crippen molar-refractivity contribution in [2.24, 2.45) is 13.0 Å². The van der Waals surface area contributed by atoms with Crippen molar-refractivity contribution in [3.63, 3.8) is 0 Å². The Morgan fingerprint density at radius 1 is 1.31 bits per heavy atom. The van der Waals surface area contributed by atoms with Crippen LogP contribution < -0.4 is 5.32 Å². The summed E-state index contributed by atoms with van der Waals surface area (Å²) in [6.07, 6.45) is 4.89. The minimum Gasteiger partial charge on any atom is -0.382 e. The summed E-state index contributed by atoms with van der Waals surface area (Å²) in [7, 11) is 2.09. The molecule has 0 spiro atoms. The number of aromatic nitrogens is 1. The molecule has 2 aromatic rings. The molecule has 0 aliphatic heterocycles. The van der Waals surface area contributed by atoms with Crippen LogP contribution in [0.5, 0.6) is 0 Å². The molecule has 1 atom stereocenters. The summed E-state index contributed by atoms with van der Waals surface area (Å²) in [4.78, 5) is 0. The summed E-state index contributed by atoms with van der Waals surface area (Å²) in [5.41, 5.74) is 2.54. The number of rotatable bonds is 3. The van der Waals surface area contributed by atoms with Crippen LogP contribution in [0.25, 0.3) is 10.9 Å². The van der Waals surface area contributed by atoms with Gasteiger partial charge in [0, 0.05) is 35.9 Å². The zero-order chi connectivity index (χ0) is 11.1. The number of nitrogens with zero attached hydrogens (tertiary/aromatic N) is 1. The summed E-state index contributed by atoms with van der Waals surface area (Å²) >= 11 is 0. The molecule has 1 heterocycles. The van der Waals surface area contributed by atoms with Crippen molar-refractivity contribution in [2.75, 3.05) is 5.32 Å². The minimum absolute atomic E-state index is 0.612. The highest BCUT2D eigenvalue weighted by molar-refractivity contribution is 5.83. The SMILES string of the molecule is CC(Nc1ccc2c(ccn2C)c1)C1CC1. The van der Waals surface area contributed by atoms with Crippen LogP contribution in [0.3, 0.4) is 0 Å². The van der Waals surface area contributed by atoms with Crippen LogP contribution in [0.4, 0.5) is 5.69 Å². The van der Waals surface area contributed by atoms with E-state index in [-0.39, 0.29) is 0 Å². The molecule has 1 aliphatic carbocycles. The van der Waals surface area contributed by atoms with Gasteiger partial charge in [-0.2, -0.15) is 0 Å². The molecule has 0 radical (unpaired) electrons. The molecule has 0 saturated heterocycles. The van der Waals surface area contributed by atoms with Crippen molar-refractivity contribution in [1.82, 2.24) is 4.57 Å². The van der Waals surface area contributed by atoms with E-state index in [4.69, 9.17) is 0 Å². The average molecular weight is 214 g/mol. The first-order valence-electron chi connectivity index (χ1n) is 6.05. The molecule has 2 heteroatoms. The van der Waals surface area contributed by atoms with Crippen molar-refractivity contribution >= 4 is 16.6 Å². The van der Waals surface area contributed by atoms with Gasteiger partial charge in [0.2, 0.25) is 0 Å². The molecule has 3 rings (SSSR count). The zero-order valence-electron chi connectivity index (χ0n) is 9.90. The Labute approximate surface area is 96.3 Å². The van der Waals surface area contributed by atoms with Crippen LogP contribution in [0.2, 0.25) is 0 Å². The second-order valence-electron chi connectivity index (χ2n) is 4.97. The van der Waals surface area contributed by atoms with Crippen LogP contribution in [0, 0.1) is 5.92 Å². The Balaban J connectivity index is 1.86. The van der Waals surface area contributed by atoms with Gasteiger partial charge in [-0.15, -0.1) is 0 Å². The standard InChI is InChI=1S/C14H18N2/c1-10(11-3-4-11)15-13-5-6-14-12(9-13)7-8-16(14)2/h5-11,15H,3-4H2,1-2H3. The van der Waals surface area contributed by atoms with E-state index in [0.717, 1.165) is 5.92 Å². The van der Waals surface area contributed by atoms with Gasteiger partial charge < -0.3 is 9.88 Å². The van der Waals surface area contributed by atoms with Gasteiger partial charge in [-0.3, -0.25) is 0 Å². The van der Waals surface area contributed by atoms with Crippen LogP contribution in [-0.2, 0) is 7.05 Å². The lowest BCUT2D eigenvalue weighted by molar-refractivity contribution is 0.694. The topological polar surface area (TPSA) is 17.0 Å². The summed E-state index contributed by atoms with van der Waals surface area (Å²) in [5, 5.41) is 4.91. The summed E-state index contributed by atoms with van der Waals surface area (Å²) in [6, 6.07) is 9.40. The third kappa shape index (κ3) is 1.69. The Morgan fingerprint density at radius 3 is 2.88 bits per heavy atom. The Morgan fingerprint density at radius 2 is 2.12 bits per heavy atom. The second kappa shape index (κ2) is 3.55. The third-order valence-corrected chi connectivity index (χ3v) is 3.61. The predicted octanol–water partition coefficient (Wildman–Crippen LogP) is 3.39. The second-order valence-corrected chi connectivity index (χ2v) is 4.97. The van der Waals surface area contributed by atoms with Gasteiger partial charge in [-0.05, 0) is 49.9 Å². The molecule has 1 fully saturated rings. The number of anilines is 1. The highest BCUT2D eigenvalue weighted by Gasteiger charge is 2.27. The molecular weight excluding hydrogens is 196 g/mol. The highest BCUT2D eigenvalue weighted by Crippen LogP contribution is 2.34. The number of hydrogen-bond acceptors (Lipinski definition) is 1. The van der Waals surface area contributed by atoms with Gasteiger partial charge in [0.05, 0.1) is 0 Å². The summed E-state index contributed by atoms with van der Waals surface area (Å²) < 4.78 is 2.16. The maximum atomic E-state index is 3.60. The Hall–Kier alpha value is -1.44. The van der Waals surface area contributed by atoms with E-state index in [1.54, 1.807) is 0 Å². The first-order valence-corrected chi connectivity index (χ1v) is 6.05. The third-order valence-electron chi connectivity index (χ3n) is 3.61. The quantitative estimate of drug-likeness (QED) is 0.828. The van der Waals surface area contributed by atoms with Crippen LogP contribution >= 0.6 is 0 Å². The fourth-order valence-electron chi connectivity index (χ4n) is 2.35. The lowest BCUT2D eigenvalue weighted by Crippen LogP contribution is -2.16. The molecule has 0 amide bonds. The van der Waals surface area contributed by atoms with E-state index < -0.39 is 0 Å². The van der Waals surface area contributed by atoms with Crippen molar-refractivity contribution in [3.8, 4) is 0 Å². The van der Waals surface area contributed by atoms with E-state index in [0.29, 0.717) is 6.04 Å². The highest BCUT2D eigenvalue weighted by atomic mass is 14.9. The molecule has 1 aromatic carbocycles. The molecule has 1 aliphatic rings. The smallest absolute Gasteiger partial charge is 0.0479 e. The van der Waals surface area contributed by atoms with Crippen molar-refractivity contribution in [1.29, 1.82) is 0 Å². The van der Waals surface area contributed by atoms with Crippen molar-refractivity contribution in [3.05, 3.63) is 30.5 Å². The molecule has 0 bridgehead atoms. The van der Waals surface area contributed by atoms with Gasteiger partial charge in [0.15, 0.2) is 0 Å². The van der Waals surface area contributed by atoms with Crippen LogP contribution in [0.1, 0.15) is 19.8 Å². The van der Waals surface area contributed by atoms with E-state index in [2.05, 4.69) is 54.3 Å². The van der Waals surface area contributed by atoms with E-state index >= 15 is 0 Å². The first-order chi connectivity index (χ1) is 7.74. The average Bonchev–Trinajstić information content (AvgIpc) is 3.05. The number of benzene rings is 1. The maximum Gasteiger partial charge on any atom is 0.0479 e. The monoisotopic (exact) mass is 214 g/mol. The molecule has 2 nitrogen and oxygen atoms in total. The Kier molecular flexibility index (Phi) is 2.16. The van der Waals surface area contributed by atoms with Crippen molar-refractivity contribution in [2.45, 2.75) is 25.8 Å². The molecule has 84 valence electrons. The fraction of sp³-hybridized carbons (Fsp3) is 0.429. The molecular formula is C14H18N2. The van der Waals surface area contributed by atoms with Gasteiger partial charge in [0.25, 0.3) is 0 Å². The molecule has 1 unspecified atom stereocenters. The lowest BCUT2D eigenvalue weighted by atomic mass is 10.2. The van der Waals surface area contributed by atoms with Gasteiger partial charge >= 0.3 is 0 Å². The minimum atomic E-state index is 0.612. The van der Waals surface area contributed by atoms with Crippen LogP contribution in [-0.4, -0.2) is 10.6 Å². The molecule has 1 aromatic heterocycles. The fourth-order valence-corrected chi connectivity index (χ4v) is 2.35. The van der Waals surface area contributed by atoms with Crippen molar-refractivity contribution < 1.29 is 0 Å². The lowest BCUT2D eigenvalue weighted by Gasteiger charge is -2.14. The predicted molar refractivity (Wildman–Crippen MR) is 68.7 cm³/mol. The normalized spacial score (nSPS) is 17.6. The summed E-state index contributed by atoms with van der Waals surface area (Å²) in [5.74, 6) is 0.895. The number of aryl methyl sites for hydroxylation is 1. The number of nitrogens with one attached hydrogen (secondary N) is 1. The number of fused-ring (bicyclic) bond motifs is 1. The van der Waals surface area contributed by atoms with E-state index in [1.807, 2.05) is 0 Å². The van der Waals surface area contributed by atoms with Gasteiger partial charge in [0.1, 0.15) is 0 Å². The van der Waals surface area contributed by atoms with E-state index in [9.17, 15) is 0 Å². The maximum absolute atomic E-state index is 3.60. The largest absolute Gasteiger partial charge is 0.382 e. The zero-order valence-corrected chi connectivity index (χ0v) is 9.90.